The molecule has 1 aliphatic carbocycles. The molecule has 11 bridgehead atoms. The van der Waals surface area contributed by atoms with Gasteiger partial charge in [-0.3, -0.25) is 33.6 Å². The van der Waals surface area contributed by atoms with E-state index in [0.717, 1.165) is 18.2 Å². The number of ketones is 3. The number of aliphatic hydroxyl groups is 7. The molecule has 7 unspecified atom stereocenters. The molecule has 16 N–H and O–H groups in total. The maximum Gasteiger partial charge on any atom is 0.311 e. The summed E-state index contributed by atoms with van der Waals surface area (Å²) in [6, 6.07) is 13.0. The standard InChI is InChI=1S/C74H92N4O22/c1-9-52(81)34(5)19-63(89)99-70-66(90)36(7)61(31-79)98-74(70)100-69-42-20-37-10-11-39(17-33(37)4)67(91)48-28-58(87)65(38-12-14-53(82)47(22-38)64-45(24-43(80)25-57(64)86)46(73(95)96)27-54(48)83)78-71(93)44-26-56(85)51(30-62(75)88)77-72(94)49(29-55(84)50(76-8)16-32(2)3)68(92)40-13-15-59(35(6)18-40)97-60(69)23-41(44)21-42/h10-15,17-18,21-25,32,34,36,44,46,48-52,56,61,63,65-68,70,74,76,79-82,85-86,89-92H,9,16,19-20,26-31H2,1-8H3,(H2,75,88)(H,77,94)(H,78,93)(H,95,96)/t34-,36?,44+,46-,48+,49?,50+,51-,52+,56?,61+,63?,65?,66-,67?,68+,70?,74-/m0/s1. The van der Waals surface area contributed by atoms with Gasteiger partial charge in [0.05, 0.1) is 79.0 Å². The number of likely N-dealkylation sites (N-methyl/N-ethyl adjacent to an activating group) is 1. The molecule has 1 fully saturated rings. The van der Waals surface area contributed by atoms with Gasteiger partial charge >= 0.3 is 5.97 Å². The maximum absolute atomic E-state index is 16.2. The Bertz CT molecular complexity index is 3880. The van der Waals surface area contributed by atoms with Crippen molar-refractivity contribution >= 4 is 41.0 Å². The lowest BCUT2D eigenvalue weighted by atomic mass is 9.78. The lowest BCUT2D eigenvalue weighted by Gasteiger charge is -2.43. The number of carboxylic acid groups (broad SMARTS) is 1. The zero-order valence-electron chi connectivity index (χ0n) is 57.0. The van der Waals surface area contributed by atoms with Gasteiger partial charge in [-0.05, 0) is 133 Å². The van der Waals surface area contributed by atoms with Gasteiger partial charge in [0.1, 0.15) is 40.9 Å². The molecule has 0 radical (unpaired) electrons. The molecule has 5 aromatic carbocycles. The van der Waals surface area contributed by atoms with Gasteiger partial charge in [0, 0.05) is 67.2 Å². The molecule has 1 saturated heterocycles. The van der Waals surface area contributed by atoms with E-state index in [4.69, 9.17) is 24.7 Å². The molecule has 18 atom stereocenters. The fraction of sp³-hybridized carbons (Fsp3) is 0.500. The second kappa shape index (κ2) is 32.1. The Balaban J connectivity index is 1.33. The highest BCUT2D eigenvalue weighted by Gasteiger charge is 2.48. The van der Waals surface area contributed by atoms with Gasteiger partial charge < -0.3 is 96.8 Å². The number of hydrogen-bond acceptors (Lipinski definition) is 22. The van der Waals surface area contributed by atoms with Gasteiger partial charge in [-0.1, -0.05) is 71.0 Å². The Morgan fingerprint density at radius 3 is 2.10 bits per heavy atom. The van der Waals surface area contributed by atoms with E-state index in [0.29, 0.717) is 29.5 Å². The first-order chi connectivity index (χ1) is 47.3. The van der Waals surface area contributed by atoms with Crippen LogP contribution in [0.25, 0.3) is 11.1 Å². The number of carboxylic acids is 1. The first-order valence-electron chi connectivity index (χ1n) is 33.8. The SMILES string of the molecule is CC[C@@H](O)[C@@H](C)CC(O)OC1[C@H](Oc2c3cc4cc2Oc2ccc(cc2C)[C@@H](O)C(CC(=O)[C@@H](CC(C)C)NC)C(=O)N[C@@H](CC(N)=O)C(O)C[C@H]4C(=O)NC2C(=O)C[C@H](C(=O)C[C@H](C(=O)O)c4cc(O)cc(O)c4-c4cc2ccc4O)C(O)c2ccc(c(C)c2)C3)O[C@H](CO)C(C)[C@@H]1O. The number of primary amides is 1. The largest absolute Gasteiger partial charge is 0.508 e. The van der Waals surface area contributed by atoms with Crippen LogP contribution in [0.3, 0.4) is 0 Å². The first kappa shape index (κ1) is 75.8. The predicted octanol–water partition coefficient (Wildman–Crippen LogP) is 5.14. The monoisotopic (exact) mass is 1390 g/mol. The molecule has 6 aliphatic rings. The molecule has 0 saturated carbocycles. The van der Waals surface area contributed by atoms with Crippen LogP contribution < -0.4 is 31.2 Å². The highest BCUT2D eigenvalue weighted by atomic mass is 16.7. The van der Waals surface area contributed by atoms with Crippen molar-refractivity contribution in [2.24, 2.45) is 35.3 Å². The smallest absolute Gasteiger partial charge is 0.311 e. The number of aryl methyl sites for hydroxylation is 2. The molecular formula is C74H92N4O22. The van der Waals surface area contributed by atoms with E-state index in [2.05, 4.69) is 16.0 Å². The molecule has 5 aliphatic heterocycles. The highest BCUT2D eigenvalue weighted by molar-refractivity contribution is 5.98. The predicted molar refractivity (Wildman–Crippen MR) is 359 cm³/mol. The van der Waals surface area contributed by atoms with E-state index < -0.39 is 206 Å². The normalized spacial score (nSPS) is 27.0. The molecule has 0 spiro atoms. The minimum atomic E-state index is -1.98. The van der Waals surface area contributed by atoms with Gasteiger partial charge in [0.25, 0.3) is 0 Å². The van der Waals surface area contributed by atoms with E-state index >= 15 is 19.2 Å². The van der Waals surface area contributed by atoms with E-state index in [1.165, 1.54) is 48.5 Å². The van der Waals surface area contributed by atoms with Crippen molar-refractivity contribution in [3.05, 3.63) is 129 Å². The molecule has 0 aromatic heterocycles. The number of aliphatic carboxylic acids is 1. The van der Waals surface area contributed by atoms with E-state index in [-0.39, 0.29) is 80.5 Å². The summed E-state index contributed by atoms with van der Waals surface area (Å²) >= 11 is 0. The van der Waals surface area contributed by atoms with Crippen molar-refractivity contribution in [3.63, 3.8) is 0 Å². The Hall–Kier alpha value is -8.41. The third-order valence-electron chi connectivity index (χ3n) is 20.1. The number of rotatable bonds is 18. The number of aromatic hydroxyl groups is 3. The molecule has 5 heterocycles. The van der Waals surface area contributed by atoms with Gasteiger partial charge in [-0.2, -0.15) is 0 Å². The van der Waals surface area contributed by atoms with Crippen molar-refractivity contribution in [2.75, 3.05) is 13.7 Å². The van der Waals surface area contributed by atoms with Crippen molar-refractivity contribution in [1.29, 1.82) is 0 Å². The molecule has 5 aromatic rings. The van der Waals surface area contributed by atoms with Crippen molar-refractivity contribution in [2.45, 2.75) is 192 Å². The average Bonchev–Trinajstić information content (AvgIpc) is 0.771. The van der Waals surface area contributed by atoms with Crippen molar-refractivity contribution in [3.8, 4) is 45.6 Å². The molecule has 11 rings (SSSR count). The number of amides is 3. The minimum absolute atomic E-state index is 0.00837. The number of carbonyl (C=O) groups is 7. The third-order valence-corrected chi connectivity index (χ3v) is 20.1. The molecule has 26 heteroatoms. The van der Waals surface area contributed by atoms with Crippen LogP contribution in [0, 0.1) is 43.4 Å². The Kier molecular flexibility index (Phi) is 24.3. The number of phenolic OH excluding ortho intramolecular Hbond substituents is 3. The molecule has 3 amide bonds. The number of fused-ring (bicyclic) bond motifs is 15. The van der Waals surface area contributed by atoms with Crippen LogP contribution in [-0.4, -0.2) is 166 Å². The van der Waals surface area contributed by atoms with Crippen LogP contribution in [0.2, 0.25) is 0 Å². The van der Waals surface area contributed by atoms with Crippen LogP contribution in [0.1, 0.15) is 166 Å². The van der Waals surface area contributed by atoms with Crippen LogP contribution in [-0.2, 0) is 49.5 Å². The summed E-state index contributed by atoms with van der Waals surface area (Å²) in [6.45, 7) is 11.5. The fourth-order valence-corrected chi connectivity index (χ4v) is 14.1. The summed E-state index contributed by atoms with van der Waals surface area (Å²) < 4.78 is 26.6. The Morgan fingerprint density at radius 2 is 1.45 bits per heavy atom. The lowest BCUT2D eigenvalue weighted by Crippen LogP contribution is -2.58. The third kappa shape index (κ3) is 16.8. The summed E-state index contributed by atoms with van der Waals surface area (Å²) in [5.41, 5.74) is 6.28. The topological polar surface area (TPSA) is 441 Å². The average molecular weight is 1390 g/mol. The second-order valence-electron chi connectivity index (χ2n) is 27.7. The molecular weight excluding hydrogens is 1300 g/mol. The van der Waals surface area contributed by atoms with E-state index in [9.17, 15) is 70.6 Å². The fourth-order valence-electron chi connectivity index (χ4n) is 14.1. The number of carbonyl (C=O) groups excluding carboxylic acids is 6. The van der Waals surface area contributed by atoms with Crippen LogP contribution >= 0.6 is 0 Å². The van der Waals surface area contributed by atoms with E-state index in [1.54, 1.807) is 53.8 Å². The summed E-state index contributed by atoms with van der Waals surface area (Å²) in [4.78, 5) is 103. The van der Waals surface area contributed by atoms with Gasteiger partial charge in [0.15, 0.2) is 29.4 Å². The number of nitrogens with one attached hydrogen (secondary N) is 3. The number of aliphatic hydroxyl groups excluding tert-OH is 7. The Labute approximate surface area is 578 Å². The summed E-state index contributed by atoms with van der Waals surface area (Å²) in [6.07, 6.45) is -17.6. The number of ether oxygens (including phenoxy) is 4. The quantitative estimate of drug-likeness (QED) is 0.0505. The number of hydrogen-bond donors (Lipinski definition) is 15. The first-order valence-corrected chi connectivity index (χ1v) is 33.8. The number of benzene rings is 5. The molecule has 26 nitrogen and oxygen atoms in total. The molecule has 540 valence electrons. The van der Waals surface area contributed by atoms with Gasteiger partial charge in [-0.15, -0.1) is 0 Å². The Morgan fingerprint density at radius 1 is 0.760 bits per heavy atom. The van der Waals surface area contributed by atoms with Crippen LogP contribution in [0.5, 0.6) is 34.5 Å². The van der Waals surface area contributed by atoms with E-state index in [1.807, 2.05) is 13.8 Å². The maximum atomic E-state index is 16.2. The molecule has 100 heavy (non-hydrogen) atoms. The van der Waals surface area contributed by atoms with Gasteiger partial charge in [-0.25, -0.2) is 0 Å². The number of phenols is 3. The highest BCUT2D eigenvalue weighted by Crippen LogP contribution is 2.49. The number of Topliss-reactive ketones (excluding diaryl/α,β-unsaturated/α-hetero) is 3. The van der Waals surface area contributed by atoms with Crippen molar-refractivity contribution in [1.82, 2.24) is 16.0 Å². The van der Waals surface area contributed by atoms with Crippen LogP contribution in [0.4, 0.5) is 0 Å². The summed E-state index contributed by atoms with van der Waals surface area (Å²) in [5, 5.41) is 136. The zero-order valence-corrected chi connectivity index (χ0v) is 57.0. The zero-order chi connectivity index (χ0) is 73.0. The van der Waals surface area contributed by atoms with Crippen molar-refractivity contribution < 1.29 is 109 Å². The number of nitrogens with two attached hydrogens (primary N) is 1. The second-order valence-corrected chi connectivity index (χ2v) is 27.7. The summed E-state index contributed by atoms with van der Waals surface area (Å²) in [5.74, 6) is -17.8. The summed E-state index contributed by atoms with van der Waals surface area (Å²) in [7, 11) is 1.58. The minimum Gasteiger partial charge on any atom is -0.508 e. The lowest BCUT2D eigenvalue weighted by molar-refractivity contribution is -0.302. The van der Waals surface area contributed by atoms with Gasteiger partial charge in [0.2, 0.25) is 24.0 Å². The van der Waals surface area contributed by atoms with Crippen LogP contribution in [0.15, 0.2) is 78.9 Å².